The number of nitrogens with zero attached hydrogens (tertiary/aromatic N) is 2. The number of fused-ring (bicyclic) bond motifs is 2. The minimum atomic E-state index is 0.309. The van der Waals surface area contributed by atoms with E-state index in [1.807, 2.05) is 48.8 Å². The largest absolute Gasteiger partial charge is 0.449 e. The molecule has 5 N–H and O–H groups in total. The number of ether oxygens (including phenoxy) is 2. The quantitative estimate of drug-likeness (QED) is 0.254. The number of hydrogen-bond acceptors (Lipinski definition) is 6. The molecule has 0 bridgehead atoms. The van der Waals surface area contributed by atoms with Gasteiger partial charge in [-0.2, -0.15) is 0 Å². The summed E-state index contributed by atoms with van der Waals surface area (Å²) in [5.74, 6) is 4.72. The molecule has 0 radical (unpaired) electrons. The minimum absolute atomic E-state index is 0.309. The summed E-state index contributed by atoms with van der Waals surface area (Å²) >= 11 is 0. The van der Waals surface area contributed by atoms with Crippen molar-refractivity contribution >= 4 is 0 Å². The minimum Gasteiger partial charge on any atom is -0.449 e. The molecule has 8 nitrogen and oxygen atoms in total. The highest BCUT2D eigenvalue weighted by Gasteiger charge is 2.22. The third kappa shape index (κ3) is 4.06. The molecule has 0 aliphatic carbocycles. The van der Waals surface area contributed by atoms with Gasteiger partial charge in [0.05, 0.1) is 29.8 Å². The number of hydrogen-bond donors (Lipinski definition) is 4. The molecular weight excluding hydrogens is 428 g/mol. The first-order chi connectivity index (χ1) is 16.8. The van der Waals surface area contributed by atoms with Crippen LogP contribution in [-0.2, 0) is 6.42 Å². The van der Waals surface area contributed by atoms with Crippen LogP contribution in [0.3, 0.4) is 0 Å². The van der Waals surface area contributed by atoms with Gasteiger partial charge in [-0.05, 0) is 75.2 Å². The highest BCUT2D eigenvalue weighted by atomic mass is 16.6. The van der Waals surface area contributed by atoms with Crippen molar-refractivity contribution in [2.24, 2.45) is 5.73 Å². The first-order valence-electron chi connectivity index (χ1n) is 11.9. The topological polar surface area (TPSA) is 114 Å². The van der Waals surface area contributed by atoms with E-state index in [-0.39, 0.29) is 0 Å². The highest BCUT2D eigenvalue weighted by molar-refractivity contribution is 5.69. The Labute approximate surface area is 197 Å². The summed E-state index contributed by atoms with van der Waals surface area (Å²) in [5.41, 5.74) is 9.54. The number of unbranched alkanes of at least 4 members (excludes halogenated alkanes) is 1. The third-order valence-electron chi connectivity index (χ3n) is 6.43. The van der Waals surface area contributed by atoms with Crippen LogP contribution in [-0.4, -0.2) is 33.0 Å². The molecule has 1 fully saturated rings. The average molecular weight is 457 g/mol. The summed E-state index contributed by atoms with van der Waals surface area (Å²) in [5, 5.41) is 3.48. The van der Waals surface area contributed by atoms with Gasteiger partial charge in [-0.3, -0.25) is 0 Å². The number of rotatable bonds is 7. The predicted octanol–water partition coefficient (Wildman–Crippen LogP) is 5.07. The van der Waals surface area contributed by atoms with Gasteiger partial charge in [0, 0.05) is 17.5 Å². The Hall–Kier alpha value is -3.62. The molecule has 2 aromatic carbocycles. The molecular formula is C26H28N6O2. The van der Waals surface area contributed by atoms with Gasteiger partial charge in [-0.1, -0.05) is 0 Å². The molecule has 1 atom stereocenters. The van der Waals surface area contributed by atoms with Crippen LogP contribution in [0, 0.1) is 0 Å². The lowest BCUT2D eigenvalue weighted by atomic mass is 10.1. The summed E-state index contributed by atoms with van der Waals surface area (Å²) in [6.45, 7) is 1.75. The van der Waals surface area contributed by atoms with Crippen molar-refractivity contribution < 1.29 is 9.47 Å². The fraction of sp³-hybridized carbons (Fsp3) is 0.308. The normalized spacial score (nSPS) is 16.6. The zero-order valence-electron chi connectivity index (χ0n) is 18.9. The van der Waals surface area contributed by atoms with E-state index in [0.29, 0.717) is 35.6 Å². The summed E-state index contributed by atoms with van der Waals surface area (Å²) < 4.78 is 12.4. The summed E-state index contributed by atoms with van der Waals surface area (Å²) in [4.78, 5) is 15.9. The lowest BCUT2D eigenvalue weighted by Crippen LogP contribution is -2.14. The van der Waals surface area contributed by atoms with E-state index in [2.05, 4.69) is 25.3 Å². The molecule has 4 aromatic rings. The fourth-order valence-corrected chi connectivity index (χ4v) is 4.57. The van der Waals surface area contributed by atoms with Crippen molar-refractivity contribution in [3.05, 3.63) is 60.4 Å². The second-order valence-electron chi connectivity index (χ2n) is 8.85. The highest BCUT2D eigenvalue weighted by Crippen LogP contribution is 2.47. The fourth-order valence-electron chi connectivity index (χ4n) is 4.57. The van der Waals surface area contributed by atoms with Gasteiger partial charge in [0.15, 0.2) is 23.0 Å². The van der Waals surface area contributed by atoms with Gasteiger partial charge in [-0.25, -0.2) is 9.97 Å². The molecule has 34 heavy (non-hydrogen) atoms. The van der Waals surface area contributed by atoms with Crippen molar-refractivity contribution in [2.75, 3.05) is 13.1 Å². The SMILES string of the molecule is NCCCCc1ncc(-c2ccc3c(c2)Oc2ccc(-c4cnc([C@@H]5CCCN5)[nH]4)cc2O3)[nH]1. The van der Waals surface area contributed by atoms with Gasteiger partial charge in [-0.15, -0.1) is 0 Å². The first-order valence-corrected chi connectivity index (χ1v) is 11.9. The zero-order chi connectivity index (χ0) is 22.9. The Morgan fingerprint density at radius 1 is 0.853 bits per heavy atom. The maximum atomic E-state index is 6.20. The lowest BCUT2D eigenvalue weighted by molar-refractivity contribution is 0.360. The number of nitrogens with one attached hydrogen (secondary N) is 3. The van der Waals surface area contributed by atoms with Crippen LogP contribution in [0.2, 0.25) is 0 Å². The van der Waals surface area contributed by atoms with Crippen LogP contribution in [0.25, 0.3) is 22.5 Å². The van der Waals surface area contributed by atoms with Gasteiger partial charge in [0.2, 0.25) is 0 Å². The van der Waals surface area contributed by atoms with Gasteiger partial charge in [0.25, 0.3) is 0 Å². The van der Waals surface area contributed by atoms with Gasteiger partial charge in [0.1, 0.15) is 11.6 Å². The molecule has 0 amide bonds. The summed E-state index contributed by atoms with van der Waals surface area (Å²) in [6, 6.07) is 12.2. The van der Waals surface area contributed by atoms with Crippen molar-refractivity contribution in [2.45, 2.75) is 38.1 Å². The van der Waals surface area contributed by atoms with Crippen LogP contribution in [0.5, 0.6) is 23.0 Å². The lowest BCUT2D eigenvalue weighted by Gasteiger charge is -2.21. The number of nitrogens with two attached hydrogens (primary N) is 1. The average Bonchev–Trinajstić information content (AvgIpc) is 3.64. The molecule has 1 saturated heterocycles. The molecule has 8 heteroatoms. The molecule has 2 aliphatic heterocycles. The van der Waals surface area contributed by atoms with E-state index in [1.165, 1.54) is 6.42 Å². The Bertz CT molecular complexity index is 1300. The van der Waals surface area contributed by atoms with E-state index in [9.17, 15) is 0 Å². The maximum Gasteiger partial charge on any atom is 0.170 e. The number of H-pyrrole nitrogens is 2. The van der Waals surface area contributed by atoms with Crippen LogP contribution in [0.1, 0.15) is 43.4 Å². The third-order valence-corrected chi connectivity index (χ3v) is 6.43. The van der Waals surface area contributed by atoms with Crippen molar-refractivity contribution in [3.63, 3.8) is 0 Å². The smallest absolute Gasteiger partial charge is 0.170 e. The second kappa shape index (κ2) is 8.96. The Kier molecular flexibility index (Phi) is 5.52. The van der Waals surface area contributed by atoms with E-state index in [1.54, 1.807) is 0 Å². The number of aromatic nitrogens is 4. The molecule has 2 aliphatic rings. The van der Waals surface area contributed by atoms with Crippen molar-refractivity contribution in [1.29, 1.82) is 0 Å². The van der Waals surface area contributed by atoms with E-state index < -0.39 is 0 Å². The Morgan fingerprint density at radius 2 is 1.56 bits per heavy atom. The first kappa shape index (κ1) is 20.9. The predicted molar refractivity (Wildman–Crippen MR) is 130 cm³/mol. The molecule has 6 rings (SSSR count). The number of aromatic amines is 2. The van der Waals surface area contributed by atoms with Gasteiger partial charge < -0.3 is 30.5 Å². The van der Waals surface area contributed by atoms with Crippen LogP contribution >= 0.6 is 0 Å². The molecule has 0 unspecified atom stereocenters. The summed E-state index contributed by atoms with van der Waals surface area (Å²) in [7, 11) is 0. The second-order valence-corrected chi connectivity index (χ2v) is 8.85. The number of benzene rings is 2. The monoisotopic (exact) mass is 456 g/mol. The molecule has 174 valence electrons. The Balaban J connectivity index is 1.20. The van der Waals surface area contributed by atoms with Crippen LogP contribution < -0.4 is 20.5 Å². The van der Waals surface area contributed by atoms with E-state index >= 15 is 0 Å². The standard InChI is InChI=1S/C26H28N6O2/c27-10-2-1-5-25-29-14-19(31-25)16-6-8-21-23(12-16)33-22-9-7-17(13-24(22)34-21)20-15-30-26(32-20)18-4-3-11-28-18/h6-9,12-15,18,28H,1-5,10-11,27H2,(H,29,31)(H,30,32)/t18-/m0/s1. The zero-order valence-corrected chi connectivity index (χ0v) is 18.9. The number of aryl methyl sites for hydroxylation is 1. The molecule has 0 saturated carbocycles. The Morgan fingerprint density at radius 3 is 2.24 bits per heavy atom. The molecule has 4 heterocycles. The van der Waals surface area contributed by atoms with Crippen molar-refractivity contribution in [3.8, 4) is 45.5 Å². The van der Waals surface area contributed by atoms with Crippen LogP contribution in [0.15, 0.2) is 48.8 Å². The van der Waals surface area contributed by atoms with E-state index in [0.717, 1.165) is 66.4 Å². The van der Waals surface area contributed by atoms with Crippen molar-refractivity contribution in [1.82, 2.24) is 25.3 Å². The number of imidazole rings is 2. The maximum absolute atomic E-state index is 6.20. The molecule has 2 aromatic heterocycles. The van der Waals surface area contributed by atoms with Gasteiger partial charge >= 0.3 is 0 Å². The summed E-state index contributed by atoms with van der Waals surface area (Å²) in [6.07, 6.45) is 8.97. The molecule has 0 spiro atoms. The van der Waals surface area contributed by atoms with Crippen LogP contribution in [0.4, 0.5) is 0 Å². The van der Waals surface area contributed by atoms with E-state index in [4.69, 9.17) is 15.2 Å².